The molecule has 2 aromatic carbocycles. The maximum atomic E-state index is 12.8. The molecule has 0 aliphatic carbocycles. The number of aromatic nitrogens is 1. The largest absolute Gasteiger partial charge is 0.494 e. The van der Waals surface area contributed by atoms with Gasteiger partial charge in [-0.3, -0.25) is 4.79 Å². The van der Waals surface area contributed by atoms with Crippen molar-refractivity contribution in [3.8, 4) is 5.75 Å². The van der Waals surface area contributed by atoms with Crippen molar-refractivity contribution >= 4 is 32.5 Å². The van der Waals surface area contributed by atoms with Gasteiger partial charge in [0, 0.05) is 29.7 Å². The first-order valence-corrected chi connectivity index (χ1v) is 11.3. The van der Waals surface area contributed by atoms with Gasteiger partial charge in [-0.05, 0) is 43.3 Å². The molecule has 1 aromatic heterocycles. The molecule has 31 heavy (non-hydrogen) atoms. The summed E-state index contributed by atoms with van der Waals surface area (Å²) in [5, 5.41) is 3.66. The highest BCUT2D eigenvalue weighted by molar-refractivity contribution is 7.89. The molecule has 1 amide bonds. The minimum atomic E-state index is -3.61. The van der Waals surface area contributed by atoms with Gasteiger partial charge in [-0.1, -0.05) is 12.1 Å². The van der Waals surface area contributed by atoms with Crippen LogP contribution in [0.5, 0.6) is 5.75 Å². The van der Waals surface area contributed by atoms with Gasteiger partial charge >= 0.3 is 0 Å². The number of para-hydroxylation sites is 1. The van der Waals surface area contributed by atoms with Crippen LogP contribution in [0.15, 0.2) is 53.4 Å². The lowest BCUT2D eigenvalue weighted by Crippen LogP contribution is -2.40. The molecule has 0 unspecified atom stereocenters. The molecule has 0 saturated carbocycles. The summed E-state index contributed by atoms with van der Waals surface area (Å²) in [4.78, 5) is 17.5. The number of rotatable bonds is 5. The van der Waals surface area contributed by atoms with Crippen molar-refractivity contribution < 1.29 is 22.7 Å². The lowest BCUT2D eigenvalue weighted by atomic mass is 10.1. The SMILES string of the molecule is COc1cccc2c(NC(=O)c3ccc(S(=O)(=O)N4CCOCC4)cc3)cc(C)nc12. The molecule has 8 nitrogen and oxygen atoms in total. The van der Waals surface area contributed by atoms with Crippen molar-refractivity contribution in [2.75, 3.05) is 38.7 Å². The minimum Gasteiger partial charge on any atom is -0.494 e. The van der Waals surface area contributed by atoms with Crippen LogP contribution in [0.4, 0.5) is 5.69 Å². The van der Waals surface area contributed by atoms with E-state index in [1.54, 1.807) is 13.2 Å². The summed E-state index contributed by atoms with van der Waals surface area (Å²) >= 11 is 0. The van der Waals surface area contributed by atoms with Gasteiger partial charge in [-0.25, -0.2) is 13.4 Å². The first kappa shape index (κ1) is 21.2. The van der Waals surface area contributed by atoms with E-state index >= 15 is 0 Å². The van der Waals surface area contributed by atoms with Crippen LogP contribution in [0.1, 0.15) is 16.1 Å². The van der Waals surface area contributed by atoms with E-state index in [0.29, 0.717) is 48.8 Å². The smallest absolute Gasteiger partial charge is 0.255 e. The number of benzene rings is 2. The number of fused-ring (bicyclic) bond motifs is 1. The molecular weight excluding hydrogens is 418 g/mol. The van der Waals surface area contributed by atoms with Crippen LogP contribution in [0, 0.1) is 6.92 Å². The van der Waals surface area contributed by atoms with E-state index in [4.69, 9.17) is 9.47 Å². The van der Waals surface area contributed by atoms with Gasteiger partial charge in [0.15, 0.2) is 0 Å². The van der Waals surface area contributed by atoms with Crippen LogP contribution in [-0.4, -0.2) is 57.0 Å². The van der Waals surface area contributed by atoms with E-state index in [0.717, 1.165) is 11.1 Å². The fourth-order valence-corrected chi connectivity index (χ4v) is 4.94. The highest BCUT2D eigenvalue weighted by Gasteiger charge is 2.26. The Hall–Kier alpha value is -3.01. The number of anilines is 1. The number of pyridine rings is 1. The molecule has 1 aliphatic heterocycles. The van der Waals surface area contributed by atoms with Crippen LogP contribution < -0.4 is 10.1 Å². The van der Waals surface area contributed by atoms with Crippen molar-refractivity contribution in [3.05, 3.63) is 59.8 Å². The summed E-state index contributed by atoms with van der Waals surface area (Å²) in [6.45, 7) is 3.24. The summed E-state index contributed by atoms with van der Waals surface area (Å²) in [5.74, 6) is 0.277. The minimum absolute atomic E-state index is 0.154. The zero-order chi connectivity index (χ0) is 22.0. The molecule has 0 radical (unpaired) electrons. The number of amides is 1. The Morgan fingerprint density at radius 1 is 1.13 bits per heavy atom. The van der Waals surface area contributed by atoms with Crippen molar-refractivity contribution in [3.63, 3.8) is 0 Å². The van der Waals surface area contributed by atoms with E-state index < -0.39 is 10.0 Å². The highest BCUT2D eigenvalue weighted by atomic mass is 32.2. The van der Waals surface area contributed by atoms with Gasteiger partial charge in [-0.2, -0.15) is 4.31 Å². The second kappa shape index (κ2) is 8.62. The molecule has 9 heteroatoms. The van der Waals surface area contributed by atoms with Crippen molar-refractivity contribution in [2.45, 2.75) is 11.8 Å². The number of nitrogens with zero attached hydrogens (tertiary/aromatic N) is 2. The number of carbonyl (C=O) groups excluding carboxylic acids is 1. The van der Waals surface area contributed by atoms with Crippen LogP contribution in [0.25, 0.3) is 10.9 Å². The van der Waals surface area contributed by atoms with Crippen molar-refractivity contribution in [2.24, 2.45) is 0 Å². The number of methoxy groups -OCH3 is 1. The quantitative estimate of drug-likeness (QED) is 0.654. The second-order valence-electron chi connectivity index (χ2n) is 7.16. The Morgan fingerprint density at radius 3 is 2.52 bits per heavy atom. The van der Waals surface area contributed by atoms with Crippen molar-refractivity contribution in [1.82, 2.24) is 9.29 Å². The Labute approximate surface area is 180 Å². The number of hydrogen-bond acceptors (Lipinski definition) is 6. The standard InChI is InChI=1S/C22H23N3O5S/c1-15-14-19(18-4-3-5-20(29-2)21(18)23-15)24-22(26)16-6-8-17(9-7-16)31(27,28)25-10-12-30-13-11-25/h3-9,14H,10-13H2,1-2H3,(H,23,24,26). The molecule has 2 heterocycles. The average molecular weight is 442 g/mol. The van der Waals surface area contributed by atoms with E-state index in [2.05, 4.69) is 10.3 Å². The third-order valence-corrected chi connectivity index (χ3v) is 7.04. The number of hydrogen-bond donors (Lipinski definition) is 1. The fourth-order valence-electron chi connectivity index (χ4n) is 3.53. The Balaban J connectivity index is 1.59. The van der Waals surface area contributed by atoms with E-state index in [1.807, 2.05) is 25.1 Å². The summed E-state index contributed by atoms with van der Waals surface area (Å²) in [7, 11) is -2.03. The number of ether oxygens (including phenoxy) is 2. The topological polar surface area (TPSA) is 97.8 Å². The third-order valence-electron chi connectivity index (χ3n) is 5.12. The first-order chi connectivity index (χ1) is 14.9. The lowest BCUT2D eigenvalue weighted by molar-refractivity contribution is 0.0730. The average Bonchev–Trinajstić information content (AvgIpc) is 2.79. The monoisotopic (exact) mass is 441 g/mol. The maximum absolute atomic E-state index is 12.8. The van der Waals surface area contributed by atoms with Crippen LogP contribution in [0.3, 0.4) is 0 Å². The van der Waals surface area contributed by atoms with Crippen molar-refractivity contribution in [1.29, 1.82) is 0 Å². The Morgan fingerprint density at radius 2 is 1.84 bits per heavy atom. The normalized spacial score (nSPS) is 15.0. The second-order valence-corrected chi connectivity index (χ2v) is 9.10. The summed E-state index contributed by atoms with van der Waals surface area (Å²) in [5.41, 5.74) is 2.36. The fraction of sp³-hybridized carbons (Fsp3) is 0.273. The molecule has 0 spiro atoms. The molecule has 1 N–H and O–H groups in total. The van der Waals surface area contributed by atoms with Gasteiger partial charge in [-0.15, -0.1) is 0 Å². The van der Waals surface area contributed by atoms with Gasteiger partial charge < -0.3 is 14.8 Å². The molecule has 4 rings (SSSR count). The predicted molar refractivity (Wildman–Crippen MR) is 117 cm³/mol. The van der Waals surface area contributed by atoms with Gasteiger partial charge in [0.1, 0.15) is 11.3 Å². The summed E-state index contributed by atoms with van der Waals surface area (Å²) in [6.07, 6.45) is 0. The number of sulfonamides is 1. The number of morpholine rings is 1. The zero-order valence-corrected chi connectivity index (χ0v) is 18.1. The van der Waals surface area contributed by atoms with E-state index in [9.17, 15) is 13.2 Å². The Bertz CT molecular complexity index is 1220. The van der Waals surface area contributed by atoms with Gasteiger partial charge in [0.05, 0.1) is 30.9 Å². The number of carbonyl (C=O) groups is 1. The third kappa shape index (κ3) is 4.25. The van der Waals surface area contributed by atoms with Crippen LogP contribution in [0.2, 0.25) is 0 Å². The van der Waals surface area contributed by atoms with Gasteiger partial charge in [0.25, 0.3) is 5.91 Å². The van der Waals surface area contributed by atoms with Gasteiger partial charge in [0.2, 0.25) is 10.0 Å². The van der Waals surface area contributed by atoms with E-state index in [-0.39, 0.29) is 10.8 Å². The molecule has 1 saturated heterocycles. The predicted octanol–water partition coefficient (Wildman–Crippen LogP) is 2.83. The maximum Gasteiger partial charge on any atom is 0.255 e. The van der Waals surface area contributed by atoms with Crippen LogP contribution in [-0.2, 0) is 14.8 Å². The molecule has 3 aromatic rings. The Kier molecular flexibility index (Phi) is 5.90. The highest BCUT2D eigenvalue weighted by Crippen LogP contribution is 2.30. The molecular formula is C22H23N3O5S. The van der Waals surface area contributed by atoms with E-state index in [1.165, 1.54) is 28.6 Å². The lowest BCUT2D eigenvalue weighted by Gasteiger charge is -2.26. The summed E-state index contributed by atoms with van der Waals surface area (Å²) < 4.78 is 37.5. The molecule has 1 aliphatic rings. The molecule has 0 bridgehead atoms. The number of aryl methyl sites for hydroxylation is 1. The zero-order valence-electron chi connectivity index (χ0n) is 17.3. The molecule has 1 fully saturated rings. The number of nitrogens with one attached hydrogen (secondary N) is 1. The molecule has 0 atom stereocenters. The van der Waals surface area contributed by atoms with Crippen LogP contribution >= 0.6 is 0 Å². The summed E-state index contributed by atoms with van der Waals surface area (Å²) in [6, 6.07) is 13.2. The molecule has 162 valence electrons. The first-order valence-electron chi connectivity index (χ1n) is 9.84.